The van der Waals surface area contributed by atoms with E-state index in [1.165, 1.54) is 0 Å². The number of pyridine rings is 1. The van der Waals surface area contributed by atoms with Crippen LogP contribution in [0.1, 0.15) is 54.7 Å². The molecule has 0 radical (unpaired) electrons. The Bertz CT molecular complexity index is 816. The second kappa shape index (κ2) is 6.75. The summed E-state index contributed by atoms with van der Waals surface area (Å²) in [6, 6.07) is 2.63. The van der Waals surface area contributed by atoms with Crippen molar-refractivity contribution in [2.45, 2.75) is 44.7 Å². The number of carbonyl (C=O) groups excluding carboxylic acids is 4. The Kier molecular flexibility index (Phi) is 4.41. The molecule has 4 heterocycles. The van der Waals surface area contributed by atoms with Crippen LogP contribution in [-0.2, 0) is 14.4 Å². The lowest BCUT2D eigenvalue weighted by molar-refractivity contribution is -0.137. The molecular weight excluding hydrogens is 348 g/mol. The number of imide groups is 1. The number of nitrogens with one attached hydrogen (secondary N) is 1. The van der Waals surface area contributed by atoms with E-state index in [4.69, 9.17) is 4.98 Å². The first-order chi connectivity index (χ1) is 13.0. The summed E-state index contributed by atoms with van der Waals surface area (Å²) >= 11 is 0. The molecule has 1 aromatic rings. The second-order valence-corrected chi connectivity index (χ2v) is 7.42. The molecule has 0 spiro atoms. The summed E-state index contributed by atoms with van der Waals surface area (Å²) in [5.74, 6) is -0.0320. The Morgan fingerprint density at radius 1 is 1.15 bits per heavy atom. The van der Waals surface area contributed by atoms with E-state index in [1.807, 2.05) is 13.0 Å². The lowest BCUT2D eigenvalue weighted by Crippen LogP contribution is -2.53. The molecule has 1 N–H and O–H groups in total. The summed E-state index contributed by atoms with van der Waals surface area (Å²) in [6.07, 6.45) is 3.19. The van der Waals surface area contributed by atoms with Crippen LogP contribution in [0.3, 0.4) is 0 Å². The zero-order valence-corrected chi connectivity index (χ0v) is 15.2. The predicted molar refractivity (Wildman–Crippen MR) is 96.0 cm³/mol. The zero-order valence-electron chi connectivity index (χ0n) is 15.2. The molecule has 0 aliphatic carbocycles. The van der Waals surface area contributed by atoms with Gasteiger partial charge in [-0.15, -0.1) is 0 Å². The van der Waals surface area contributed by atoms with Crippen LogP contribution in [0.5, 0.6) is 0 Å². The minimum atomic E-state index is -0.647. The average Bonchev–Trinajstić information content (AvgIpc) is 2.92. The van der Waals surface area contributed by atoms with Crippen LogP contribution in [-0.4, -0.2) is 53.0 Å². The third-order valence-electron chi connectivity index (χ3n) is 5.79. The number of piperidine rings is 2. The second-order valence-electron chi connectivity index (χ2n) is 7.42. The molecule has 27 heavy (non-hydrogen) atoms. The molecule has 0 saturated carbocycles. The van der Waals surface area contributed by atoms with Gasteiger partial charge in [-0.2, -0.15) is 0 Å². The topological polar surface area (TPSA) is 99.7 Å². The van der Waals surface area contributed by atoms with Gasteiger partial charge in [-0.25, -0.2) is 4.98 Å². The highest BCUT2D eigenvalue weighted by Gasteiger charge is 2.44. The number of anilines is 1. The monoisotopic (exact) mass is 370 g/mol. The smallest absolute Gasteiger partial charge is 0.257 e. The molecule has 3 aliphatic heterocycles. The van der Waals surface area contributed by atoms with Gasteiger partial charge in [0, 0.05) is 25.4 Å². The Morgan fingerprint density at radius 3 is 2.56 bits per heavy atom. The van der Waals surface area contributed by atoms with Crippen molar-refractivity contribution in [2.24, 2.45) is 5.92 Å². The molecule has 2 fully saturated rings. The summed E-state index contributed by atoms with van der Waals surface area (Å²) in [6.45, 7) is 3.38. The van der Waals surface area contributed by atoms with Gasteiger partial charge in [-0.05, 0) is 38.3 Å². The minimum Gasteiger partial charge on any atom is -0.357 e. The van der Waals surface area contributed by atoms with Gasteiger partial charge in [0.2, 0.25) is 11.8 Å². The molecule has 2 atom stereocenters. The zero-order chi connectivity index (χ0) is 19.1. The Morgan fingerprint density at radius 2 is 1.89 bits per heavy atom. The number of aldehydes is 1. The van der Waals surface area contributed by atoms with Gasteiger partial charge >= 0.3 is 0 Å². The van der Waals surface area contributed by atoms with E-state index in [0.29, 0.717) is 17.7 Å². The van der Waals surface area contributed by atoms with Crippen molar-refractivity contribution in [3.8, 4) is 0 Å². The summed E-state index contributed by atoms with van der Waals surface area (Å²) in [4.78, 5) is 55.8. The average molecular weight is 370 g/mol. The van der Waals surface area contributed by atoms with Gasteiger partial charge < -0.3 is 14.6 Å². The van der Waals surface area contributed by atoms with Crippen molar-refractivity contribution in [2.75, 3.05) is 18.0 Å². The van der Waals surface area contributed by atoms with Gasteiger partial charge in [-0.3, -0.25) is 19.7 Å². The molecule has 4 rings (SSSR count). The van der Waals surface area contributed by atoms with E-state index < -0.39 is 11.9 Å². The molecule has 1 aromatic heterocycles. The summed E-state index contributed by atoms with van der Waals surface area (Å²) in [5, 5.41) is 2.32. The molecule has 8 nitrogen and oxygen atoms in total. The van der Waals surface area contributed by atoms with Crippen LogP contribution >= 0.6 is 0 Å². The maximum atomic E-state index is 12.9. The van der Waals surface area contributed by atoms with E-state index in [2.05, 4.69) is 10.2 Å². The number of amides is 3. The van der Waals surface area contributed by atoms with Crippen LogP contribution < -0.4 is 10.2 Å². The third kappa shape index (κ3) is 2.98. The molecular formula is C19H22N4O4. The lowest BCUT2D eigenvalue weighted by Gasteiger charge is -2.33. The van der Waals surface area contributed by atoms with Gasteiger partial charge in [0.25, 0.3) is 5.91 Å². The van der Waals surface area contributed by atoms with E-state index in [-0.39, 0.29) is 30.2 Å². The van der Waals surface area contributed by atoms with E-state index in [1.54, 1.807) is 11.0 Å². The Hall–Kier alpha value is -2.77. The predicted octanol–water partition coefficient (Wildman–Crippen LogP) is 0.819. The fourth-order valence-electron chi connectivity index (χ4n) is 4.21. The maximum Gasteiger partial charge on any atom is 0.257 e. The molecule has 2 saturated heterocycles. The molecule has 142 valence electrons. The molecule has 3 amide bonds. The SMILES string of the molecule is CC1c2nc(N3CCC(C=O)CC3)ccc2C(=O)N1C1CCC(=O)NC1=O. The molecule has 3 aliphatic rings. The van der Waals surface area contributed by atoms with Crippen molar-refractivity contribution in [3.63, 3.8) is 0 Å². The van der Waals surface area contributed by atoms with Crippen molar-refractivity contribution in [3.05, 3.63) is 23.4 Å². The van der Waals surface area contributed by atoms with E-state index in [9.17, 15) is 19.2 Å². The lowest BCUT2D eigenvalue weighted by atomic mass is 9.98. The first kappa shape index (κ1) is 17.6. The Labute approximate surface area is 156 Å². The number of hydrogen-bond acceptors (Lipinski definition) is 6. The molecule has 2 unspecified atom stereocenters. The van der Waals surface area contributed by atoms with Crippen LogP contribution in [0.25, 0.3) is 0 Å². The maximum absolute atomic E-state index is 12.9. The highest BCUT2D eigenvalue weighted by Crippen LogP contribution is 2.36. The molecule has 0 bridgehead atoms. The molecule has 8 heteroatoms. The third-order valence-corrected chi connectivity index (χ3v) is 5.79. The number of rotatable bonds is 3. The normalized spacial score (nSPS) is 26.2. The highest BCUT2D eigenvalue weighted by molar-refractivity contribution is 6.05. The number of nitrogens with zero attached hydrogens (tertiary/aromatic N) is 3. The van der Waals surface area contributed by atoms with E-state index >= 15 is 0 Å². The van der Waals surface area contributed by atoms with Gasteiger partial charge in [0.15, 0.2) is 0 Å². The number of carbonyl (C=O) groups is 4. The minimum absolute atomic E-state index is 0.110. The van der Waals surface area contributed by atoms with Gasteiger partial charge in [0.1, 0.15) is 18.1 Å². The van der Waals surface area contributed by atoms with Gasteiger partial charge in [0.05, 0.1) is 17.3 Å². The van der Waals surface area contributed by atoms with Crippen molar-refractivity contribution in [1.82, 2.24) is 15.2 Å². The van der Waals surface area contributed by atoms with Crippen molar-refractivity contribution < 1.29 is 19.2 Å². The standard InChI is InChI=1S/C19H22N4O4/c1-11-17-13(19(27)23(11)14-3-5-16(25)21-18(14)26)2-4-15(20-17)22-8-6-12(10-24)7-9-22/h2,4,10-12,14H,3,5-9H2,1H3,(H,21,25,26). The number of hydrogen-bond donors (Lipinski definition) is 1. The van der Waals surface area contributed by atoms with Crippen LogP contribution in [0, 0.1) is 5.92 Å². The van der Waals surface area contributed by atoms with Crippen LogP contribution in [0.4, 0.5) is 5.82 Å². The summed E-state index contributed by atoms with van der Waals surface area (Å²) in [7, 11) is 0. The number of fused-ring (bicyclic) bond motifs is 1. The fraction of sp³-hybridized carbons (Fsp3) is 0.526. The fourth-order valence-corrected chi connectivity index (χ4v) is 4.21. The van der Waals surface area contributed by atoms with Crippen LogP contribution in [0.2, 0.25) is 0 Å². The van der Waals surface area contributed by atoms with Crippen molar-refractivity contribution >= 4 is 29.8 Å². The first-order valence-electron chi connectivity index (χ1n) is 9.37. The first-order valence-corrected chi connectivity index (χ1v) is 9.37. The Balaban J connectivity index is 1.57. The van der Waals surface area contributed by atoms with Crippen LogP contribution in [0.15, 0.2) is 12.1 Å². The van der Waals surface area contributed by atoms with E-state index in [0.717, 1.165) is 38.0 Å². The van der Waals surface area contributed by atoms with Gasteiger partial charge in [-0.1, -0.05) is 0 Å². The largest absolute Gasteiger partial charge is 0.357 e. The molecule has 0 aromatic carbocycles. The summed E-state index contributed by atoms with van der Waals surface area (Å²) < 4.78 is 0. The number of aromatic nitrogens is 1. The summed E-state index contributed by atoms with van der Waals surface area (Å²) in [5.41, 5.74) is 1.18. The highest BCUT2D eigenvalue weighted by atomic mass is 16.2. The quantitative estimate of drug-likeness (QED) is 0.625. The van der Waals surface area contributed by atoms with Crippen molar-refractivity contribution in [1.29, 1.82) is 0 Å².